The molecule has 16 heavy (non-hydrogen) atoms. The first-order valence-electron chi connectivity index (χ1n) is 5.10. The highest BCUT2D eigenvalue weighted by Crippen LogP contribution is 2.20. The molecule has 0 saturated carbocycles. The second kappa shape index (κ2) is 3.38. The van der Waals surface area contributed by atoms with Gasteiger partial charge in [-0.3, -0.25) is 4.79 Å². The van der Waals surface area contributed by atoms with Crippen LogP contribution in [0.1, 0.15) is 16.1 Å². The van der Waals surface area contributed by atoms with Crippen molar-refractivity contribution < 1.29 is 4.79 Å². The molecule has 0 fully saturated rings. The fraction of sp³-hybridized carbons (Fsp3) is 0. The molecule has 0 saturated heterocycles. The molecule has 0 aliphatic carbocycles. The Balaban J connectivity index is 2.16. The summed E-state index contributed by atoms with van der Waals surface area (Å²) in [6.45, 7) is 0. The van der Waals surface area contributed by atoms with Gasteiger partial charge in [0.05, 0.1) is 5.69 Å². The number of aromatic nitrogens is 2. The third-order valence-electron chi connectivity index (χ3n) is 2.68. The molecular formula is C13H10N2O. The first kappa shape index (κ1) is 8.97. The first-order valence-corrected chi connectivity index (χ1v) is 5.10. The fourth-order valence-corrected chi connectivity index (χ4v) is 1.88. The summed E-state index contributed by atoms with van der Waals surface area (Å²) in [5, 5.41) is 0.960. The molecule has 3 rings (SSSR count). The number of benzene rings is 1. The molecule has 0 atom stereocenters. The number of aromatic amines is 2. The van der Waals surface area contributed by atoms with Gasteiger partial charge < -0.3 is 9.97 Å². The first-order chi connectivity index (χ1) is 7.86. The Hall–Kier alpha value is -2.29. The predicted octanol–water partition coefficient (Wildman–Crippen LogP) is 2.73. The summed E-state index contributed by atoms with van der Waals surface area (Å²) in [4.78, 5) is 18.2. The number of fused-ring (bicyclic) bond motifs is 1. The lowest BCUT2D eigenvalue weighted by Crippen LogP contribution is -2.00. The minimum absolute atomic E-state index is 0.0162. The van der Waals surface area contributed by atoms with Gasteiger partial charge in [0.1, 0.15) is 0 Å². The van der Waals surface area contributed by atoms with Gasteiger partial charge in [0.15, 0.2) is 0 Å². The molecule has 78 valence electrons. The summed E-state index contributed by atoms with van der Waals surface area (Å²) in [5.41, 5.74) is 2.31. The molecule has 2 heterocycles. The van der Waals surface area contributed by atoms with Crippen molar-refractivity contribution in [3.05, 3.63) is 60.0 Å². The van der Waals surface area contributed by atoms with Crippen molar-refractivity contribution in [1.29, 1.82) is 0 Å². The van der Waals surface area contributed by atoms with Crippen LogP contribution in [-0.4, -0.2) is 15.8 Å². The van der Waals surface area contributed by atoms with E-state index in [0.29, 0.717) is 11.3 Å². The third-order valence-corrected chi connectivity index (χ3v) is 2.68. The zero-order valence-corrected chi connectivity index (χ0v) is 8.53. The number of nitrogens with one attached hydrogen (secondary N) is 2. The third kappa shape index (κ3) is 1.26. The van der Waals surface area contributed by atoms with Crippen LogP contribution in [0.2, 0.25) is 0 Å². The Morgan fingerprint density at radius 3 is 2.69 bits per heavy atom. The van der Waals surface area contributed by atoms with E-state index in [1.165, 1.54) is 0 Å². The van der Waals surface area contributed by atoms with E-state index in [0.717, 1.165) is 10.9 Å². The number of ketones is 1. The van der Waals surface area contributed by atoms with Crippen molar-refractivity contribution >= 4 is 16.7 Å². The molecule has 0 bridgehead atoms. The molecule has 3 nitrogen and oxygen atoms in total. The van der Waals surface area contributed by atoms with Crippen LogP contribution >= 0.6 is 0 Å². The molecule has 0 amide bonds. The number of rotatable bonds is 2. The van der Waals surface area contributed by atoms with E-state index in [2.05, 4.69) is 9.97 Å². The molecule has 0 spiro atoms. The van der Waals surface area contributed by atoms with Crippen molar-refractivity contribution in [2.45, 2.75) is 0 Å². The van der Waals surface area contributed by atoms with Gasteiger partial charge >= 0.3 is 0 Å². The lowest BCUT2D eigenvalue weighted by Gasteiger charge is -1.95. The molecule has 3 aromatic rings. The second-order valence-corrected chi connectivity index (χ2v) is 3.66. The van der Waals surface area contributed by atoms with Crippen molar-refractivity contribution in [3.63, 3.8) is 0 Å². The molecule has 3 heteroatoms. The van der Waals surface area contributed by atoms with Crippen LogP contribution in [0.5, 0.6) is 0 Å². The average Bonchev–Trinajstić information content (AvgIpc) is 2.98. The number of hydrogen-bond donors (Lipinski definition) is 2. The van der Waals surface area contributed by atoms with Crippen molar-refractivity contribution in [1.82, 2.24) is 9.97 Å². The van der Waals surface area contributed by atoms with Gasteiger partial charge in [-0.2, -0.15) is 0 Å². The van der Waals surface area contributed by atoms with Gasteiger partial charge in [-0.05, 0) is 18.2 Å². The maximum atomic E-state index is 12.1. The van der Waals surface area contributed by atoms with Gasteiger partial charge in [0.2, 0.25) is 5.78 Å². The Morgan fingerprint density at radius 2 is 1.88 bits per heavy atom. The topological polar surface area (TPSA) is 48.6 Å². The molecule has 0 radical (unpaired) electrons. The van der Waals surface area contributed by atoms with Gasteiger partial charge in [0, 0.05) is 28.9 Å². The summed E-state index contributed by atoms with van der Waals surface area (Å²) in [5.74, 6) is 0.0162. The van der Waals surface area contributed by atoms with Crippen LogP contribution in [0, 0.1) is 0 Å². The normalized spacial score (nSPS) is 10.8. The van der Waals surface area contributed by atoms with Crippen LogP contribution < -0.4 is 0 Å². The smallest absolute Gasteiger partial charge is 0.211 e. The van der Waals surface area contributed by atoms with Crippen LogP contribution in [-0.2, 0) is 0 Å². The van der Waals surface area contributed by atoms with Crippen molar-refractivity contribution in [3.8, 4) is 0 Å². The second-order valence-electron chi connectivity index (χ2n) is 3.66. The maximum Gasteiger partial charge on any atom is 0.211 e. The van der Waals surface area contributed by atoms with Gasteiger partial charge in [0.25, 0.3) is 0 Å². The van der Waals surface area contributed by atoms with E-state index >= 15 is 0 Å². The maximum absolute atomic E-state index is 12.1. The molecule has 0 aliphatic heterocycles. The van der Waals surface area contributed by atoms with Gasteiger partial charge in [-0.25, -0.2) is 0 Å². The Kier molecular flexibility index (Phi) is 1.90. The Morgan fingerprint density at radius 1 is 1.00 bits per heavy atom. The molecular weight excluding hydrogens is 200 g/mol. The molecule has 0 unspecified atom stereocenters. The van der Waals surface area contributed by atoms with Crippen LogP contribution in [0.15, 0.2) is 48.8 Å². The number of H-pyrrole nitrogens is 2. The molecule has 2 N–H and O–H groups in total. The summed E-state index contributed by atoms with van der Waals surface area (Å²) < 4.78 is 0. The predicted molar refractivity (Wildman–Crippen MR) is 62.5 cm³/mol. The van der Waals surface area contributed by atoms with Gasteiger partial charge in [-0.15, -0.1) is 0 Å². The van der Waals surface area contributed by atoms with Crippen molar-refractivity contribution in [2.24, 2.45) is 0 Å². The zero-order valence-electron chi connectivity index (χ0n) is 8.53. The number of carbonyl (C=O) groups excluding carboxylic acids is 1. The van der Waals surface area contributed by atoms with E-state index in [1.54, 1.807) is 18.5 Å². The highest BCUT2D eigenvalue weighted by molar-refractivity contribution is 6.15. The van der Waals surface area contributed by atoms with E-state index in [9.17, 15) is 4.79 Å². The lowest BCUT2D eigenvalue weighted by molar-refractivity contribution is 0.103. The quantitative estimate of drug-likeness (QED) is 0.628. The highest BCUT2D eigenvalue weighted by atomic mass is 16.1. The van der Waals surface area contributed by atoms with Crippen LogP contribution in [0.4, 0.5) is 0 Å². The SMILES string of the molecule is O=C(c1ccc[nH]1)c1c[nH]c2ccccc12. The minimum Gasteiger partial charge on any atom is -0.360 e. The summed E-state index contributed by atoms with van der Waals surface area (Å²) in [7, 11) is 0. The number of carbonyl (C=O) groups is 1. The van der Waals surface area contributed by atoms with E-state index in [-0.39, 0.29) is 5.78 Å². The van der Waals surface area contributed by atoms with E-state index < -0.39 is 0 Å². The largest absolute Gasteiger partial charge is 0.360 e. The van der Waals surface area contributed by atoms with E-state index in [4.69, 9.17) is 0 Å². The average molecular weight is 210 g/mol. The lowest BCUT2D eigenvalue weighted by atomic mass is 10.1. The van der Waals surface area contributed by atoms with E-state index in [1.807, 2.05) is 30.3 Å². The van der Waals surface area contributed by atoms with Gasteiger partial charge in [-0.1, -0.05) is 18.2 Å². The molecule has 1 aromatic carbocycles. The minimum atomic E-state index is 0.0162. The summed E-state index contributed by atoms with van der Waals surface area (Å²) in [6.07, 6.45) is 3.51. The molecule has 2 aromatic heterocycles. The fourth-order valence-electron chi connectivity index (χ4n) is 1.88. The number of para-hydroxylation sites is 1. The summed E-state index contributed by atoms with van der Waals surface area (Å²) in [6, 6.07) is 11.4. The monoisotopic (exact) mass is 210 g/mol. The standard InChI is InChI=1S/C13H10N2O/c16-13(12-6-3-7-14-12)10-8-15-11-5-2-1-4-9(10)11/h1-8,14-15H. The highest BCUT2D eigenvalue weighted by Gasteiger charge is 2.13. The van der Waals surface area contributed by atoms with Crippen LogP contribution in [0.3, 0.4) is 0 Å². The van der Waals surface area contributed by atoms with Crippen LogP contribution in [0.25, 0.3) is 10.9 Å². The Labute approximate surface area is 92.1 Å². The summed E-state index contributed by atoms with van der Waals surface area (Å²) >= 11 is 0. The number of hydrogen-bond acceptors (Lipinski definition) is 1. The molecule has 0 aliphatic rings. The zero-order chi connectivity index (χ0) is 11.0. The Bertz CT molecular complexity index is 635. The van der Waals surface area contributed by atoms with Crippen molar-refractivity contribution in [2.75, 3.05) is 0 Å².